The molecule has 3 aromatic carbocycles. The zero-order chi connectivity index (χ0) is 22.7. The van der Waals surface area contributed by atoms with Gasteiger partial charge < -0.3 is 14.5 Å². The SMILES string of the molecule is COc1ccc(CCC(=O)Nc2ccc3nc(-c4ccc(C(C)(C)C)cc4)oc3c2)cc1. The molecule has 4 rings (SSSR count). The van der Waals surface area contributed by atoms with Crippen LogP contribution >= 0.6 is 0 Å². The number of amides is 1. The van der Waals surface area contributed by atoms with Crippen molar-refractivity contribution in [3.63, 3.8) is 0 Å². The molecule has 1 amide bonds. The number of rotatable bonds is 6. The third-order valence-corrected chi connectivity index (χ3v) is 5.47. The average Bonchev–Trinajstić information content (AvgIpc) is 3.21. The molecule has 0 saturated heterocycles. The summed E-state index contributed by atoms with van der Waals surface area (Å²) in [6.45, 7) is 6.57. The lowest BCUT2D eigenvalue weighted by molar-refractivity contribution is -0.116. The number of hydrogen-bond acceptors (Lipinski definition) is 4. The highest BCUT2D eigenvalue weighted by Gasteiger charge is 2.15. The summed E-state index contributed by atoms with van der Waals surface area (Å²) in [5.74, 6) is 1.34. The number of aromatic nitrogens is 1. The van der Waals surface area contributed by atoms with E-state index in [2.05, 4.69) is 43.2 Å². The van der Waals surface area contributed by atoms with Crippen molar-refractivity contribution in [3.8, 4) is 17.2 Å². The van der Waals surface area contributed by atoms with Gasteiger partial charge in [-0.1, -0.05) is 45.0 Å². The van der Waals surface area contributed by atoms with Crippen molar-refractivity contribution in [3.05, 3.63) is 77.9 Å². The minimum Gasteiger partial charge on any atom is -0.497 e. The highest BCUT2D eigenvalue weighted by molar-refractivity contribution is 5.93. The minimum atomic E-state index is -0.0438. The maximum atomic E-state index is 12.4. The molecule has 0 saturated carbocycles. The smallest absolute Gasteiger partial charge is 0.227 e. The number of oxazole rings is 1. The molecule has 1 heterocycles. The van der Waals surface area contributed by atoms with Gasteiger partial charge >= 0.3 is 0 Å². The number of ether oxygens (including phenoxy) is 1. The zero-order valence-electron chi connectivity index (χ0n) is 18.9. The Morgan fingerprint density at radius 3 is 2.38 bits per heavy atom. The van der Waals surface area contributed by atoms with Crippen molar-refractivity contribution in [2.24, 2.45) is 0 Å². The standard InChI is InChI=1S/C27H28N2O3/c1-27(2,3)20-10-8-19(9-11-20)26-29-23-15-12-21(17-24(23)32-26)28-25(30)16-7-18-5-13-22(31-4)14-6-18/h5-6,8-15,17H,7,16H2,1-4H3,(H,28,30). The van der Waals surface area contributed by atoms with Crippen LogP contribution in [0.1, 0.15) is 38.3 Å². The van der Waals surface area contributed by atoms with Crippen molar-refractivity contribution >= 4 is 22.7 Å². The van der Waals surface area contributed by atoms with E-state index >= 15 is 0 Å². The van der Waals surface area contributed by atoms with Crippen LogP contribution in [0.15, 0.2) is 71.1 Å². The van der Waals surface area contributed by atoms with Crippen molar-refractivity contribution in [2.45, 2.75) is 39.0 Å². The molecule has 0 spiro atoms. The van der Waals surface area contributed by atoms with E-state index in [1.807, 2.05) is 54.6 Å². The van der Waals surface area contributed by atoms with Gasteiger partial charge in [0.25, 0.3) is 0 Å². The lowest BCUT2D eigenvalue weighted by atomic mass is 9.87. The number of benzene rings is 3. The number of nitrogens with one attached hydrogen (secondary N) is 1. The highest BCUT2D eigenvalue weighted by atomic mass is 16.5. The Kier molecular flexibility index (Phi) is 5.99. The molecule has 0 fully saturated rings. The fourth-order valence-corrected chi connectivity index (χ4v) is 3.51. The lowest BCUT2D eigenvalue weighted by Gasteiger charge is -2.18. The van der Waals surface area contributed by atoms with Gasteiger partial charge in [-0.15, -0.1) is 0 Å². The molecular weight excluding hydrogens is 400 g/mol. The van der Waals surface area contributed by atoms with Crippen LogP contribution < -0.4 is 10.1 Å². The van der Waals surface area contributed by atoms with Crippen molar-refractivity contribution in [1.29, 1.82) is 0 Å². The topological polar surface area (TPSA) is 64.4 Å². The van der Waals surface area contributed by atoms with Crippen LogP contribution in [0.5, 0.6) is 5.75 Å². The fourth-order valence-electron chi connectivity index (χ4n) is 3.51. The largest absolute Gasteiger partial charge is 0.497 e. The second-order valence-electron chi connectivity index (χ2n) is 8.93. The second-order valence-corrected chi connectivity index (χ2v) is 8.93. The predicted octanol–water partition coefficient (Wildman–Crippen LogP) is 6.37. The van der Waals surface area contributed by atoms with E-state index < -0.39 is 0 Å². The lowest BCUT2D eigenvalue weighted by Crippen LogP contribution is -2.12. The Labute approximate surface area is 188 Å². The fraction of sp³-hybridized carbons (Fsp3) is 0.259. The minimum absolute atomic E-state index is 0.0438. The third kappa shape index (κ3) is 4.99. The van der Waals surface area contributed by atoms with Gasteiger partial charge in [-0.3, -0.25) is 4.79 Å². The summed E-state index contributed by atoms with van der Waals surface area (Å²) < 4.78 is 11.1. The molecule has 1 N–H and O–H groups in total. The maximum Gasteiger partial charge on any atom is 0.227 e. The van der Waals surface area contributed by atoms with Crippen LogP contribution in [0.3, 0.4) is 0 Å². The summed E-state index contributed by atoms with van der Waals surface area (Å²) >= 11 is 0. The molecule has 0 aliphatic carbocycles. The quantitative estimate of drug-likeness (QED) is 0.387. The van der Waals surface area contributed by atoms with Gasteiger partial charge in [-0.2, -0.15) is 0 Å². The van der Waals surface area contributed by atoms with Crippen LogP contribution in [0.4, 0.5) is 5.69 Å². The monoisotopic (exact) mass is 428 g/mol. The van der Waals surface area contributed by atoms with Crippen LogP contribution in [0, 0.1) is 0 Å². The summed E-state index contributed by atoms with van der Waals surface area (Å²) in [6.07, 6.45) is 1.06. The predicted molar refractivity (Wildman–Crippen MR) is 128 cm³/mol. The molecule has 0 unspecified atom stereocenters. The first-order valence-corrected chi connectivity index (χ1v) is 10.8. The van der Waals surface area contributed by atoms with Gasteiger partial charge in [0, 0.05) is 23.7 Å². The Morgan fingerprint density at radius 1 is 1.00 bits per heavy atom. The normalized spacial score (nSPS) is 11.5. The average molecular weight is 429 g/mol. The maximum absolute atomic E-state index is 12.4. The molecule has 0 radical (unpaired) electrons. The number of fused-ring (bicyclic) bond motifs is 1. The van der Waals surface area contributed by atoms with Gasteiger partial charge in [0.15, 0.2) is 5.58 Å². The molecule has 0 atom stereocenters. The molecule has 4 aromatic rings. The number of methoxy groups -OCH3 is 1. The van der Waals surface area contributed by atoms with E-state index in [1.165, 1.54) is 5.56 Å². The van der Waals surface area contributed by atoms with Crippen molar-refractivity contribution < 1.29 is 13.9 Å². The van der Waals surface area contributed by atoms with E-state index in [9.17, 15) is 4.79 Å². The Balaban J connectivity index is 1.42. The number of hydrogen-bond donors (Lipinski definition) is 1. The van der Waals surface area contributed by atoms with Gasteiger partial charge in [0.05, 0.1) is 7.11 Å². The van der Waals surface area contributed by atoms with Crippen LogP contribution in [-0.2, 0) is 16.6 Å². The molecule has 0 aliphatic rings. The molecule has 1 aromatic heterocycles. The third-order valence-electron chi connectivity index (χ3n) is 5.47. The van der Waals surface area contributed by atoms with Gasteiger partial charge in [-0.05, 0) is 59.4 Å². The van der Waals surface area contributed by atoms with Gasteiger partial charge in [-0.25, -0.2) is 4.98 Å². The summed E-state index contributed by atoms with van der Waals surface area (Å²) in [7, 11) is 1.64. The van der Waals surface area contributed by atoms with E-state index in [1.54, 1.807) is 7.11 Å². The summed E-state index contributed by atoms with van der Waals surface area (Å²) in [4.78, 5) is 17.0. The number of anilines is 1. The van der Waals surface area contributed by atoms with Crippen molar-refractivity contribution in [2.75, 3.05) is 12.4 Å². The number of carbonyl (C=O) groups is 1. The van der Waals surface area contributed by atoms with Gasteiger partial charge in [0.1, 0.15) is 11.3 Å². The molecule has 32 heavy (non-hydrogen) atoms. The van der Waals surface area contributed by atoms with E-state index in [0.717, 1.165) is 22.4 Å². The summed E-state index contributed by atoms with van der Waals surface area (Å²) in [6, 6.07) is 21.6. The Hall–Kier alpha value is -3.60. The van der Waals surface area contributed by atoms with E-state index in [4.69, 9.17) is 9.15 Å². The summed E-state index contributed by atoms with van der Waals surface area (Å²) in [5, 5.41) is 2.95. The molecule has 5 heteroatoms. The highest BCUT2D eigenvalue weighted by Crippen LogP contribution is 2.29. The molecule has 164 valence electrons. The van der Waals surface area contributed by atoms with E-state index in [-0.39, 0.29) is 11.3 Å². The number of carbonyl (C=O) groups excluding carboxylic acids is 1. The molecule has 0 bridgehead atoms. The van der Waals surface area contributed by atoms with Gasteiger partial charge in [0.2, 0.25) is 11.8 Å². The van der Waals surface area contributed by atoms with Crippen LogP contribution in [0.25, 0.3) is 22.6 Å². The first kappa shape index (κ1) is 21.6. The zero-order valence-corrected chi connectivity index (χ0v) is 18.9. The Bertz CT molecular complexity index is 1220. The van der Waals surface area contributed by atoms with Crippen LogP contribution in [-0.4, -0.2) is 18.0 Å². The molecule has 5 nitrogen and oxygen atoms in total. The number of nitrogens with zero attached hydrogens (tertiary/aromatic N) is 1. The van der Waals surface area contributed by atoms with Crippen LogP contribution in [0.2, 0.25) is 0 Å². The first-order valence-electron chi connectivity index (χ1n) is 10.8. The van der Waals surface area contributed by atoms with E-state index in [0.29, 0.717) is 30.0 Å². The first-order chi connectivity index (χ1) is 15.3. The number of aryl methyl sites for hydroxylation is 1. The molecule has 0 aliphatic heterocycles. The summed E-state index contributed by atoms with van der Waals surface area (Å²) in [5.41, 5.74) is 5.48. The Morgan fingerprint density at radius 2 is 1.72 bits per heavy atom. The van der Waals surface area contributed by atoms with Crippen molar-refractivity contribution in [1.82, 2.24) is 4.98 Å². The molecular formula is C27H28N2O3. The second kappa shape index (κ2) is 8.87.